The lowest BCUT2D eigenvalue weighted by atomic mass is 10.2. The van der Waals surface area contributed by atoms with Crippen LogP contribution in [0.4, 0.5) is 22.1 Å². The molecule has 10 heteroatoms. The number of sulfone groups is 1. The second-order valence-electron chi connectivity index (χ2n) is 10.1. The fraction of sp³-hybridized carbons (Fsp3) is 0.522. The first kappa shape index (κ1) is 21.9. The minimum Gasteiger partial charge on any atom is -0.444 e. The number of nitrogens with zero attached hydrogens (tertiary/aromatic N) is 4. The van der Waals surface area contributed by atoms with Crippen LogP contribution in [0, 0.1) is 11.8 Å². The zero-order valence-corrected chi connectivity index (χ0v) is 20.1. The summed E-state index contributed by atoms with van der Waals surface area (Å²) in [6.07, 6.45) is 3.29. The van der Waals surface area contributed by atoms with Crippen LogP contribution in [0.2, 0.25) is 0 Å². The molecule has 2 aliphatic heterocycles. The predicted molar refractivity (Wildman–Crippen MR) is 124 cm³/mol. The maximum Gasteiger partial charge on any atom is 0.410 e. The maximum absolute atomic E-state index is 12.3. The first-order valence-corrected chi connectivity index (χ1v) is 13.1. The molecule has 0 bridgehead atoms. The molecule has 33 heavy (non-hydrogen) atoms. The summed E-state index contributed by atoms with van der Waals surface area (Å²) in [6, 6.07) is 7.47. The largest absolute Gasteiger partial charge is 0.444 e. The molecule has 3 heterocycles. The fourth-order valence-corrected chi connectivity index (χ4v) is 5.48. The summed E-state index contributed by atoms with van der Waals surface area (Å²) in [5, 5.41) is 3.51. The van der Waals surface area contributed by atoms with Crippen LogP contribution in [-0.4, -0.2) is 66.9 Å². The van der Waals surface area contributed by atoms with Gasteiger partial charge in [-0.1, -0.05) is 0 Å². The lowest BCUT2D eigenvalue weighted by Crippen LogP contribution is -2.38. The van der Waals surface area contributed by atoms with Crippen molar-refractivity contribution >= 4 is 33.3 Å². The highest BCUT2D eigenvalue weighted by Gasteiger charge is 2.57. The number of rotatable bonds is 4. The van der Waals surface area contributed by atoms with Crippen molar-refractivity contribution < 1.29 is 17.9 Å². The Morgan fingerprint density at radius 3 is 2.55 bits per heavy atom. The topological polar surface area (TPSA) is 105 Å². The molecule has 0 spiro atoms. The van der Waals surface area contributed by atoms with Crippen LogP contribution >= 0.6 is 0 Å². The van der Waals surface area contributed by atoms with Gasteiger partial charge in [-0.3, -0.25) is 0 Å². The Kier molecular flexibility index (Phi) is 5.04. The van der Waals surface area contributed by atoms with Gasteiger partial charge in [-0.25, -0.2) is 23.2 Å². The van der Waals surface area contributed by atoms with Crippen LogP contribution in [0.3, 0.4) is 0 Å². The van der Waals surface area contributed by atoms with E-state index in [1.807, 2.05) is 32.9 Å². The minimum absolute atomic E-state index is 0.246. The first-order valence-electron chi connectivity index (χ1n) is 11.2. The molecular formula is C23H29N5O4S. The molecule has 2 aromatic rings. The van der Waals surface area contributed by atoms with Gasteiger partial charge in [-0.05, 0) is 51.0 Å². The summed E-state index contributed by atoms with van der Waals surface area (Å²) in [7, 11) is -3.23. The average molecular weight is 472 g/mol. The zero-order valence-electron chi connectivity index (χ0n) is 19.3. The molecular weight excluding hydrogens is 442 g/mol. The van der Waals surface area contributed by atoms with Gasteiger partial charge in [0.05, 0.1) is 4.90 Å². The van der Waals surface area contributed by atoms with Crippen molar-refractivity contribution in [1.29, 1.82) is 0 Å². The van der Waals surface area contributed by atoms with Crippen molar-refractivity contribution in [3.8, 4) is 0 Å². The highest BCUT2D eigenvalue weighted by atomic mass is 32.2. The Bertz CT molecular complexity index is 1200. The number of likely N-dealkylation sites (tertiary alicyclic amines) is 1. The number of ether oxygens (including phenoxy) is 1. The molecule has 5 rings (SSSR count). The van der Waals surface area contributed by atoms with Crippen molar-refractivity contribution in [2.24, 2.45) is 11.8 Å². The summed E-state index contributed by atoms with van der Waals surface area (Å²) in [4.78, 5) is 25.3. The molecule has 1 amide bonds. The number of aromatic nitrogens is 2. The van der Waals surface area contributed by atoms with Gasteiger partial charge < -0.3 is 19.9 Å². The lowest BCUT2D eigenvalue weighted by Gasteiger charge is -2.26. The van der Waals surface area contributed by atoms with Gasteiger partial charge in [0, 0.05) is 55.5 Å². The van der Waals surface area contributed by atoms with E-state index in [-0.39, 0.29) is 12.1 Å². The molecule has 2 fully saturated rings. The summed E-state index contributed by atoms with van der Waals surface area (Å²) in [5.74, 6) is 2.33. The van der Waals surface area contributed by atoms with E-state index in [4.69, 9.17) is 4.74 Å². The van der Waals surface area contributed by atoms with E-state index in [1.165, 1.54) is 6.26 Å². The monoisotopic (exact) mass is 471 g/mol. The number of fused-ring (bicyclic) bond motifs is 2. The first-order chi connectivity index (χ1) is 15.5. The standard InChI is InChI=1S/C23H29N5O4S/c1-23(2,3)32-22(29)27-11-16-17(12-27)21(16)26-19-10-20(25-13-24-19)28-8-7-14-9-15(33(4,30)31)5-6-18(14)28/h5-6,9-10,13,16-17,21H,7-8,11-12H2,1-4H3,(H,24,25,26). The number of anilines is 3. The van der Waals surface area contributed by atoms with E-state index >= 15 is 0 Å². The SMILES string of the molecule is CC(C)(C)OC(=O)N1CC2C(C1)C2Nc1cc(N2CCc3cc(S(C)(=O)=O)ccc32)ncn1. The number of piperidine rings is 1. The maximum atomic E-state index is 12.3. The molecule has 1 saturated heterocycles. The third kappa shape index (κ3) is 4.36. The molecule has 1 aromatic heterocycles. The quantitative estimate of drug-likeness (QED) is 0.726. The van der Waals surface area contributed by atoms with Crippen molar-refractivity contribution in [3.05, 3.63) is 36.2 Å². The third-order valence-corrected chi connectivity index (χ3v) is 7.57. The van der Waals surface area contributed by atoms with Crippen molar-refractivity contribution in [1.82, 2.24) is 14.9 Å². The van der Waals surface area contributed by atoms with Crippen molar-refractivity contribution in [2.75, 3.05) is 36.1 Å². The fourth-order valence-electron chi connectivity index (χ4n) is 4.81. The normalized spacial score (nSPS) is 23.8. The molecule has 2 unspecified atom stereocenters. The second kappa shape index (κ2) is 7.58. The molecule has 0 radical (unpaired) electrons. The third-order valence-electron chi connectivity index (χ3n) is 6.46. The Hall–Kier alpha value is -2.88. The van der Waals surface area contributed by atoms with Crippen LogP contribution in [0.1, 0.15) is 26.3 Å². The van der Waals surface area contributed by atoms with Crippen molar-refractivity contribution in [2.45, 2.75) is 43.7 Å². The summed E-state index contributed by atoms with van der Waals surface area (Å²) < 4.78 is 29.2. The van der Waals surface area contributed by atoms with Crippen LogP contribution in [0.5, 0.6) is 0 Å². The second-order valence-corrected chi connectivity index (χ2v) is 12.1. The molecule has 1 aromatic carbocycles. The average Bonchev–Trinajstić information content (AvgIpc) is 3.10. The van der Waals surface area contributed by atoms with E-state index in [0.717, 1.165) is 35.9 Å². The van der Waals surface area contributed by atoms with E-state index in [0.29, 0.717) is 29.8 Å². The molecule has 1 aliphatic carbocycles. The summed E-state index contributed by atoms with van der Waals surface area (Å²) >= 11 is 0. The highest BCUT2D eigenvalue weighted by Crippen LogP contribution is 2.47. The van der Waals surface area contributed by atoms with E-state index < -0.39 is 15.4 Å². The Balaban J connectivity index is 1.24. The number of carbonyl (C=O) groups excluding carboxylic acids is 1. The molecule has 176 valence electrons. The van der Waals surface area contributed by atoms with E-state index in [1.54, 1.807) is 23.4 Å². The summed E-state index contributed by atoms with van der Waals surface area (Å²) in [5.41, 5.74) is 1.49. The number of nitrogens with one attached hydrogen (secondary N) is 1. The van der Waals surface area contributed by atoms with Gasteiger partial charge in [-0.15, -0.1) is 0 Å². The smallest absolute Gasteiger partial charge is 0.410 e. The van der Waals surface area contributed by atoms with Crippen molar-refractivity contribution in [3.63, 3.8) is 0 Å². The molecule has 1 saturated carbocycles. The molecule has 9 nitrogen and oxygen atoms in total. The Morgan fingerprint density at radius 1 is 1.15 bits per heavy atom. The van der Waals surface area contributed by atoms with E-state index in [2.05, 4.69) is 20.2 Å². The number of amides is 1. The van der Waals surface area contributed by atoms with Gasteiger partial charge in [-0.2, -0.15) is 0 Å². The van der Waals surface area contributed by atoms with Crippen LogP contribution < -0.4 is 10.2 Å². The number of hydrogen-bond acceptors (Lipinski definition) is 8. The van der Waals surface area contributed by atoms with Gasteiger partial charge in [0.15, 0.2) is 9.84 Å². The predicted octanol–water partition coefficient (Wildman–Crippen LogP) is 2.85. The van der Waals surface area contributed by atoms with Crippen LogP contribution in [-0.2, 0) is 21.0 Å². The number of benzene rings is 1. The Morgan fingerprint density at radius 2 is 1.88 bits per heavy atom. The number of carbonyl (C=O) groups is 1. The van der Waals surface area contributed by atoms with Crippen LogP contribution in [0.15, 0.2) is 35.5 Å². The minimum atomic E-state index is -3.23. The van der Waals surface area contributed by atoms with Gasteiger partial charge in [0.1, 0.15) is 23.6 Å². The van der Waals surface area contributed by atoms with Gasteiger partial charge >= 0.3 is 6.09 Å². The molecule has 2 atom stereocenters. The number of hydrogen-bond donors (Lipinski definition) is 1. The molecule has 1 N–H and O–H groups in total. The van der Waals surface area contributed by atoms with Gasteiger partial charge in [0.2, 0.25) is 0 Å². The highest BCUT2D eigenvalue weighted by molar-refractivity contribution is 7.90. The van der Waals surface area contributed by atoms with Gasteiger partial charge in [0.25, 0.3) is 0 Å². The Labute approximate surface area is 194 Å². The van der Waals surface area contributed by atoms with Crippen LogP contribution in [0.25, 0.3) is 0 Å². The lowest BCUT2D eigenvalue weighted by molar-refractivity contribution is 0.0272. The molecule has 3 aliphatic rings. The summed E-state index contributed by atoms with van der Waals surface area (Å²) in [6.45, 7) is 7.75. The zero-order chi connectivity index (χ0) is 23.5. The van der Waals surface area contributed by atoms with E-state index in [9.17, 15) is 13.2 Å².